The summed E-state index contributed by atoms with van der Waals surface area (Å²) < 4.78 is 0.932. The Balaban J connectivity index is 1.86. The van der Waals surface area contributed by atoms with Crippen molar-refractivity contribution in [3.05, 3.63) is 76.5 Å². The first-order chi connectivity index (χ1) is 10.7. The molecule has 0 aliphatic heterocycles. The number of nitrogens with two attached hydrogens (primary N) is 1. The van der Waals surface area contributed by atoms with E-state index in [0.29, 0.717) is 11.5 Å². The molecule has 0 aliphatic rings. The molecule has 0 aliphatic carbocycles. The minimum atomic E-state index is 0.671. The normalized spacial score (nSPS) is 10.6. The Kier molecular flexibility index (Phi) is 4.49. The first kappa shape index (κ1) is 14.7. The molecule has 0 saturated carbocycles. The van der Waals surface area contributed by atoms with Crippen LogP contribution in [0.4, 0.5) is 5.69 Å². The number of halogens is 1. The Labute approximate surface area is 138 Å². The van der Waals surface area contributed by atoms with E-state index in [9.17, 15) is 0 Å². The largest absolute Gasteiger partial charge is 0.398 e. The number of nitrogen functional groups attached to an aromatic ring is 1. The summed E-state index contributed by atoms with van der Waals surface area (Å²) >= 11 is 3.54. The zero-order valence-electron chi connectivity index (χ0n) is 12.0. The van der Waals surface area contributed by atoms with Crippen LogP contribution in [0.15, 0.2) is 65.3 Å². The molecule has 0 radical (unpaired) electrons. The Morgan fingerprint density at radius 1 is 0.909 bits per heavy atom. The summed E-state index contributed by atoms with van der Waals surface area (Å²) in [4.78, 5) is 9.07. The van der Waals surface area contributed by atoms with Crippen LogP contribution in [0.1, 0.15) is 11.3 Å². The van der Waals surface area contributed by atoms with Gasteiger partial charge in [0.2, 0.25) is 0 Å². The summed E-state index contributed by atoms with van der Waals surface area (Å²) in [6, 6.07) is 18.1. The quantitative estimate of drug-likeness (QED) is 0.712. The summed E-state index contributed by atoms with van der Waals surface area (Å²) in [7, 11) is 0. The van der Waals surface area contributed by atoms with Gasteiger partial charge in [0.1, 0.15) is 0 Å². The number of hydrogen-bond donors (Lipinski definition) is 1. The van der Waals surface area contributed by atoms with E-state index in [0.717, 1.165) is 28.6 Å². The van der Waals surface area contributed by atoms with E-state index in [-0.39, 0.29) is 0 Å². The van der Waals surface area contributed by atoms with Crippen LogP contribution in [0.5, 0.6) is 0 Å². The number of hydrogen-bond acceptors (Lipinski definition) is 3. The molecule has 3 aromatic rings. The van der Waals surface area contributed by atoms with E-state index in [4.69, 9.17) is 5.73 Å². The number of rotatable bonds is 4. The monoisotopic (exact) mass is 353 g/mol. The van der Waals surface area contributed by atoms with Gasteiger partial charge in [0.05, 0.1) is 10.2 Å². The van der Waals surface area contributed by atoms with Crippen LogP contribution in [-0.4, -0.2) is 9.97 Å². The molecule has 1 heterocycles. The van der Waals surface area contributed by atoms with Crippen LogP contribution >= 0.6 is 15.9 Å². The van der Waals surface area contributed by atoms with Crippen LogP contribution in [-0.2, 0) is 12.8 Å². The highest BCUT2D eigenvalue weighted by molar-refractivity contribution is 9.10. The van der Waals surface area contributed by atoms with Crippen LogP contribution in [0, 0.1) is 0 Å². The summed E-state index contributed by atoms with van der Waals surface area (Å²) in [6.07, 6.45) is 3.60. The predicted molar refractivity (Wildman–Crippen MR) is 93.4 cm³/mol. The molecular weight excluding hydrogens is 338 g/mol. The van der Waals surface area contributed by atoms with Gasteiger partial charge in [0.15, 0.2) is 5.82 Å². The molecule has 0 saturated heterocycles. The lowest BCUT2D eigenvalue weighted by Gasteiger charge is -2.08. The number of aryl methyl sites for hydroxylation is 2. The topological polar surface area (TPSA) is 51.8 Å². The van der Waals surface area contributed by atoms with Crippen molar-refractivity contribution in [2.45, 2.75) is 12.8 Å². The fraction of sp³-hybridized carbons (Fsp3) is 0.111. The lowest BCUT2D eigenvalue weighted by Crippen LogP contribution is -2.01. The molecule has 1 aromatic heterocycles. The molecule has 0 amide bonds. The second-order valence-electron chi connectivity index (χ2n) is 5.06. The maximum atomic E-state index is 6.01. The van der Waals surface area contributed by atoms with Crippen molar-refractivity contribution in [1.29, 1.82) is 0 Å². The SMILES string of the molecule is Nc1ccccc1-c1ncc(Br)c(CCc2ccccc2)n1. The van der Waals surface area contributed by atoms with Gasteiger partial charge in [0.25, 0.3) is 0 Å². The van der Waals surface area contributed by atoms with Gasteiger partial charge in [-0.05, 0) is 46.5 Å². The Morgan fingerprint density at radius 3 is 2.41 bits per heavy atom. The highest BCUT2D eigenvalue weighted by Crippen LogP contribution is 2.24. The molecule has 4 heteroatoms. The average Bonchev–Trinajstić information content (AvgIpc) is 2.56. The van der Waals surface area contributed by atoms with Gasteiger partial charge >= 0.3 is 0 Å². The van der Waals surface area contributed by atoms with Gasteiger partial charge < -0.3 is 5.73 Å². The molecule has 22 heavy (non-hydrogen) atoms. The second kappa shape index (κ2) is 6.71. The first-order valence-electron chi connectivity index (χ1n) is 7.14. The summed E-state index contributed by atoms with van der Waals surface area (Å²) in [5, 5.41) is 0. The van der Waals surface area contributed by atoms with Gasteiger partial charge in [-0.15, -0.1) is 0 Å². The molecule has 3 nitrogen and oxygen atoms in total. The van der Waals surface area contributed by atoms with E-state index >= 15 is 0 Å². The molecule has 0 spiro atoms. The number of para-hydroxylation sites is 1. The third-order valence-electron chi connectivity index (χ3n) is 3.51. The lowest BCUT2D eigenvalue weighted by molar-refractivity contribution is 0.895. The van der Waals surface area contributed by atoms with E-state index < -0.39 is 0 Å². The maximum absolute atomic E-state index is 6.01. The molecule has 2 aromatic carbocycles. The first-order valence-corrected chi connectivity index (χ1v) is 7.93. The lowest BCUT2D eigenvalue weighted by atomic mass is 10.1. The standard InChI is InChI=1S/C18H16BrN3/c19-15-12-21-18(14-8-4-5-9-16(14)20)22-17(15)11-10-13-6-2-1-3-7-13/h1-9,12H,10-11,20H2. The van der Waals surface area contributed by atoms with Crippen LogP contribution in [0.3, 0.4) is 0 Å². The molecule has 110 valence electrons. The Hall–Kier alpha value is -2.20. The van der Waals surface area contributed by atoms with Crippen LogP contribution in [0.25, 0.3) is 11.4 Å². The average molecular weight is 354 g/mol. The molecule has 2 N–H and O–H groups in total. The molecular formula is C18H16BrN3. The van der Waals surface area contributed by atoms with Crippen molar-refractivity contribution < 1.29 is 0 Å². The second-order valence-corrected chi connectivity index (χ2v) is 5.92. The van der Waals surface area contributed by atoms with Crippen molar-refractivity contribution in [2.24, 2.45) is 0 Å². The fourth-order valence-electron chi connectivity index (χ4n) is 2.32. The van der Waals surface area contributed by atoms with Gasteiger partial charge in [-0.2, -0.15) is 0 Å². The highest BCUT2D eigenvalue weighted by atomic mass is 79.9. The zero-order valence-corrected chi connectivity index (χ0v) is 13.6. The van der Waals surface area contributed by atoms with Gasteiger partial charge in [-0.25, -0.2) is 9.97 Å². The van der Waals surface area contributed by atoms with E-state index in [1.807, 2.05) is 30.3 Å². The van der Waals surface area contributed by atoms with Gasteiger partial charge in [-0.3, -0.25) is 0 Å². The Bertz CT molecular complexity index is 772. The minimum absolute atomic E-state index is 0.671. The number of aromatic nitrogens is 2. The Morgan fingerprint density at radius 2 is 1.64 bits per heavy atom. The highest BCUT2D eigenvalue weighted by Gasteiger charge is 2.09. The predicted octanol–water partition coefficient (Wildman–Crippen LogP) is 4.27. The summed E-state index contributed by atoms with van der Waals surface area (Å²) in [6.45, 7) is 0. The molecule has 0 atom stereocenters. The molecule has 3 rings (SSSR count). The third kappa shape index (κ3) is 3.34. The van der Waals surface area contributed by atoms with Crippen LogP contribution in [0.2, 0.25) is 0 Å². The van der Waals surface area contributed by atoms with Crippen molar-refractivity contribution in [3.63, 3.8) is 0 Å². The van der Waals surface area contributed by atoms with E-state index in [1.165, 1.54) is 5.56 Å². The third-order valence-corrected chi connectivity index (χ3v) is 4.17. The molecule has 0 bridgehead atoms. The molecule has 0 unspecified atom stereocenters. The smallest absolute Gasteiger partial charge is 0.161 e. The van der Waals surface area contributed by atoms with Crippen molar-refractivity contribution in [3.8, 4) is 11.4 Å². The summed E-state index contributed by atoms with van der Waals surface area (Å²) in [5.41, 5.74) is 9.88. The van der Waals surface area contributed by atoms with Crippen molar-refractivity contribution in [1.82, 2.24) is 9.97 Å². The van der Waals surface area contributed by atoms with Gasteiger partial charge in [-0.1, -0.05) is 42.5 Å². The molecule has 0 fully saturated rings. The number of benzene rings is 2. The van der Waals surface area contributed by atoms with Crippen molar-refractivity contribution >= 4 is 21.6 Å². The van der Waals surface area contributed by atoms with E-state index in [1.54, 1.807) is 6.20 Å². The van der Waals surface area contributed by atoms with Crippen molar-refractivity contribution in [2.75, 3.05) is 5.73 Å². The fourth-order valence-corrected chi connectivity index (χ4v) is 2.70. The van der Waals surface area contributed by atoms with Crippen LogP contribution < -0.4 is 5.73 Å². The summed E-state index contributed by atoms with van der Waals surface area (Å²) in [5.74, 6) is 0.671. The van der Waals surface area contributed by atoms with Gasteiger partial charge in [0, 0.05) is 17.4 Å². The maximum Gasteiger partial charge on any atom is 0.161 e. The minimum Gasteiger partial charge on any atom is -0.398 e. The zero-order chi connectivity index (χ0) is 15.4. The number of anilines is 1. The van der Waals surface area contributed by atoms with E-state index in [2.05, 4.69) is 50.2 Å². The number of nitrogens with zero attached hydrogens (tertiary/aromatic N) is 2.